The van der Waals surface area contributed by atoms with Gasteiger partial charge in [0.05, 0.1) is 11.6 Å². The molecule has 0 aromatic heterocycles. The molecule has 0 atom stereocenters. The summed E-state index contributed by atoms with van der Waals surface area (Å²) in [5.74, 6) is -0.803. The number of amides is 1. The molecule has 1 aromatic carbocycles. The second-order valence-electron chi connectivity index (χ2n) is 4.99. The predicted octanol–water partition coefficient (Wildman–Crippen LogP) is 1.51. The Morgan fingerprint density at radius 2 is 1.95 bits per heavy atom. The van der Waals surface area contributed by atoms with Crippen molar-refractivity contribution in [2.24, 2.45) is 5.92 Å². The van der Waals surface area contributed by atoms with E-state index < -0.39 is 5.97 Å². The van der Waals surface area contributed by atoms with Gasteiger partial charge in [-0.3, -0.25) is 9.59 Å². The second-order valence-corrected chi connectivity index (χ2v) is 4.99. The lowest BCUT2D eigenvalue weighted by Crippen LogP contribution is -2.40. The Labute approximate surface area is 123 Å². The van der Waals surface area contributed by atoms with Gasteiger partial charge >= 0.3 is 5.97 Å². The van der Waals surface area contributed by atoms with Gasteiger partial charge in [0.2, 0.25) is 0 Å². The van der Waals surface area contributed by atoms with E-state index in [2.05, 4.69) is 0 Å². The summed E-state index contributed by atoms with van der Waals surface area (Å²) in [6.45, 7) is 3.61. The minimum Gasteiger partial charge on any atom is -0.484 e. The van der Waals surface area contributed by atoms with Crippen LogP contribution in [0.4, 0.5) is 0 Å². The number of nitrogens with zero attached hydrogens (tertiary/aromatic N) is 2. The van der Waals surface area contributed by atoms with E-state index in [0.717, 1.165) is 0 Å². The highest BCUT2D eigenvalue weighted by Crippen LogP contribution is 2.11. The summed E-state index contributed by atoms with van der Waals surface area (Å²) in [5, 5.41) is 17.5. The normalized spacial score (nSPS) is 10.0. The van der Waals surface area contributed by atoms with Crippen molar-refractivity contribution < 1.29 is 19.4 Å². The van der Waals surface area contributed by atoms with E-state index in [1.807, 2.05) is 19.9 Å². The molecular weight excluding hydrogens is 272 g/mol. The standard InChI is InChI=1S/C15H18N2O4/c1-11(2)8-17(9-15(19)20)14(18)10-21-13-5-3-12(7-16)4-6-13/h3-6,11H,8-10H2,1-2H3,(H,19,20). The first-order chi connectivity index (χ1) is 9.92. The molecule has 1 rings (SSSR count). The van der Waals surface area contributed by atoms with Gasteiger partial charge in [0.15, 0.2) is 6.61 Å². The molecule has 1 N–H and O–H groups in total. The summed E-state index contributed by atoms with van der Waals surface area (Å²) in [6.07, 6.45) is 0. The summed E-state index contributed by atoms with van der Waals surface area (Å²) in [7, 11) is 0. The number of carboxylic acids is 1. The summed E-state index contributed by atoms with van der Waals surface area (Å²) < 4.78 is 5.32. The van der Waals surface area contributed by atoms with Crippen LogP contribution in [0.2, 0.25) is 0 Å². The van der Waals surface area contributed by atoms with Gasteiger partial charge in [-0.15, -0.1) is 0 Å². The third-order valence-electron chi connectivity index (χ3n) is 2.61. The van der Waals surface area contributed by atoms with Crippen molar-refractivity contribution in [1.29, 1.82) is 5.26 Å². The monoisotopic (exact) mass is 290 g/mol. The summed E-state index contributed by atoms with van der Waals surface area (Å²) in [6, 6.07) is 8.34. The van der Waals surface area contributed by atoms with Crippen LogP contribution in [0, 0.1) is 17.2 Å². The SMILES string of the molecule is CC(C)CN(CC(=O)O)C(=O)COc1ccc(C#N)cc1. The van der Waals surface area contributed by atoms with Crippen LogP contribution in [0.25, 0.3) is 0 Å². The van der Waals surface area contributed by atoms with Crippen LogP contribution in [-0.2, 0) is 9.59 Å². The number of aliphatic carboxylic acids is 1. The predicted molar refractivity (Wildman–Crippen MR) is 75.7 cm³/mol. The molecule has 6 heteroatoms. The van der Waals surface area contributed by atoms with Crippen molar-refractivity contribution in [3.8, 4) is 11.8 Å². The highest BCUT2D eigenvalue weighted by molar-refractivity contribution is 5.82. The van der Waals surface area contributed by atoms with E-state index in [1.54, 1.807) is 24.3 Å². The second kappa shape index (κ2) is 7.90. The van der Waals surface area contributed by atoms with Crippen molar-refractivity contribution in [1.82, 2.24) is 4.90 Å². The highest BCUT2D eigenvalue weighted by Gasteiger charge is 2.18. The summed E-state index contributed by atoms with van der Waals surface area (Å²) in [5.41, 5.74) is 0.501. The lowest BCUT2D eigenvalue weighted by Gasteiger charge is -2.22. The molecule has 112 valence electrons. The molecule has 0 aliphatic carbocycles. The third kappa shape index (κ3) is 5.95. The molecule has 1 amide bonds. The van der Waals surface area contributed by atoms with E-state index >= 15 is 0 Å². The van der Waals surface area contributed by atoms with Gasteiger partial charge in [-0.2, -0.15) is 5.26 Å². The molecule has 0 saturated carbocycles. The lowest BCUT2D eigenvalue weighted by atomic mass is 10.2. The average Bonchev–Trinajstić information content (AvgIpc) is 2.43. The molecule has 0 saturated heterocycles. The number of carbonyl (C=O) groups excluding carboxylic acids is 1. The number of carbonyl (C=O) groups is 2. The van der Waals surface area contributed by atoms with Gasteiger partial charge < -0.3 is 14.7 Å². The van der Waals surface area contributed by atoms with Crippen LogP contribution in [-0.4, -0.2) is 41.6 Å². The van der Waals surface area contributed by atoms with Crippen LogP contribution in [0.15, 0.2) is 24.3 Å². The maximum Gasteiger partial charge on any atom is 0.323 e. The van der Waals surface area contributed by atoms with Crippen LogP contribution in [0.1, 0.15) is 19.4 Å². The first-order valence-electron chi connectivity index (χ1n) is 6.55. The van der Waals surface area contributed by atoms with Crippen molar-refractivity contribution in [3.63, 3.8) is 0 Å². The van der Waals surface area contributed by atoms with Crippen LogP contribution < -0.4 is 4.74 Å². The Morgan fingerprint density at radius 1 is 1.33 bits per heavy atom. The van der Waals surface area contributed by atoms with Gasteiger partial charge in [-0.1, -0.05) is 13.8 Å². The molecule has 0 aliphatic heterocycles. The van der Waals surface area contributed by atoms with Crippen molar-refractivity contribution in [3.05, 3.63) is 29.8 Å². The minimum atomic E-state index is -1.05. The number of nitriles is 1. The van der Waals surface area contributed by atoms with E-state index in [-0.39, 0.29) is 25.0 Å². The number of carboxylic acid groups (broad SMARTS) is 1. The van der Waals surface area contributed by atoms with Gasteiger partial charge in [0.25, 0.3) is 5.91 Å². The fourth-order valence-corrected chi connectivity index (χ4v) is 1.72. The van der Waals surface area contributed by atoms with E-state index in [9.17, 15) is 9.59 Å². The quantitative estimate of drug-likeness (QED) is 0.822. The van der Waals surface area contributed by atoms with Gasteiger partial charge in [0, 0.05) is 6.54 Å². The minimum absolute atomic E-state index is 0.170. The average molecular weight is 290 g/mol. The Morgan fingerprint density at radius 3 is 2.43 bits per heavy atom. The molecule has 0 spiro atoms. The topological polar surface area (TPSA) is 90.6 Å². The van der Waals surface area contributed by atoms with Gasteiger partial charge in [-0.25, -0.2) is 0 Å². The smallest absolute Gasteiger partial charge is 0.323 e. The van der Waals surface area contributed by atoms with Crippen LogP contribution in [0.5, 0.6) is 5.75 Å². The Balaban J connectivity index is 2.59. The van der Waals surface area contributed by atoms with Crippen molar-refractivity contribution in [2.45, 2.75) is 13.8 Å². The molecule has 0 fully saturated rings. The molecule has 0 bridgehead atoms. The number of rotatable bonds is 7. The maximum absolute atomic E-state index is 12.0. The molecule has 1 aromatic rings. The van der Waals surface area contributed by atoms with E-state index in [4.69, 9.17) is 15.1 Å². The number of ether oxygens (including phenoxy) is 1. The Hall–Kier alpha value is -2.55. The Bertz CT molecular complexity index is 532. The summed E-state index contributed by atoms with van der Waals surface area (Å²) >= 11 is 0. The van der Waals surface area contributed by atoms with Gasteiger partial charge in [0.1, 0.15) is 12.3 Å². The largest absolute Gasteiger partial charge is 0.484 e. The fraction of sp³-hybridized carbons (Fsp3) is 0.400. The van der Waals surface area contributed by atoms with Crippen LogP contribution >= 0.6 is 0 Å². The zero-order chi connectivity index (χ0) is 15.8. The highest BCUT2D eigenvalue weighted by atomic mass is 16.5. The summed E-state index contributed by atoms with van der Waals surface area (Å²) in [4.78, 5) is 24.0. The van der Waals surface area contributed by atoms with Gasteiger partial charge in [-0.05, 0) is 30.2 Å². The van der Waals surface area contributed by atoms with E-state index in [1.165, 1.54) is 4.90 Å². The number of hydrogen-bond donors (Lipinski definition) is 1. The Kier molecular flexibility index (Phi) is 6.21. The fourth-order valence-electron chi connectivity index (χ4n) is 1.72. The zero-order valence-electron chi connectivity index (χ0n) is 12.1. The van der Waals surface area contributed by atoms with Crippen molar-refractivity contribution >= 4 is 11.9 Å². The number of benzene rings is 1. The van der Waals surface area contributed by atoms with E-state index in [0.29, 0.717) is 17.9 Å². The molecule has 21 heavy (non-hydrogen) atoms. The first-order valence-corrected chi connectivity index (χ1v) is 6.55. The molecule has 6 nitrogen and oxygen atoms in total. The number of hydrogen-bond acceptors (Lipinski definition) is 4. The molecule has 0 radical (unpaired) electrons. The van der Waals surface area contributed by atoms with Crippen LogP contribution in [0.3, 0.4) is 0 Å². The molecule has 0 aliphatic rings. The third-order valence-corrected chi connectivity index (χ3v) is 2.61. The maximum atomic E-state index is 12.0. The first kappa shape index (κ1) is 16.5. The van der Waals surface area contributed by atoms with Crippen molar-refractivity contribution in [2.75, 3.05) is 19.7 Å². The zero-order valence-corrected chi connectivity index (χ0v) is 12.1. The molecule has 0 unspecified atom stereocenters. The lowest BCUT2D eigenvalue weighted by molar-refractivity contribution is -0.145. The molecular formula is C15H18N2O4. The molecule has 0 heterocycles.